The minimum Gasteiger partial charge on any atom is -0.490 e. The number of ether oxygens (including phenoxy) is 1. The number of benzene rings is 1. The second-order valence-electron chi connectivity index (χ2n) is 7.37. The summed E-state index contributed by atoms with van der Waals surface area (Å²) in [6.45, 7) is 0.349. The van der Waals surface area contributed by atoms with Crippen LogP contribution in [0.1, 0.15) is 60.4 Å². The first-order chi connectivity index (χ1) is 12.0. The molecular weight excluding hydrogens is 338 g/mol. The van der Waals surface area contributed by atoms with E-state index in [0.717, 1.165) is 18.4 Å². The first-order valence-corrected chi connectivity index (χ1v) is 10.8. The lowest BCUT2D eigenvalue weighted by Crippen LogP contribution is -2.30. The van der Waals surface area contributed by atoms with Gasteiger partial charge in [0.15, 0.2) is 0 Å². The van der Waals surface area contributed by atoms with Gasteiger partial charge in [0.2, 0.25) is 0 Å². The molecule has 2 aliphatic carbocycles. The normalized spacial score (nSPS) is 23.5. The molecule has 1 aromatic carbocycles. The van der Waals surface area contributed by atoms with Crippen LogP contribution in [0.4, 0.5) is 0 Å². The monoisotopic (exact) mass is 363 g/mol. The second kappa shape index (κ2) is 6.67. The molecule has 6 heteroatoms. The highest BCUT2D eigenvalue weighted by Crippen LogP contribution is 2.50. The van der Waals surface area contributed by atoms with Gasteiger partial charge in [-0.05, 0) is 54.9 Å². The Kier molecular flexibility index (Phi) is 4.52. The summed E-state index contributed by atoms with van der Waals surface area (Å²) in [4.78, 5) is 12.6. The van der Waals surface area contributed by atoms with Crippen LogP contribution >= 0.6 is 10.6 Å². The fourth-order valence-corrected chi connectivity index (χ4v) is 4.82. The van der Waals surface area contributed by atoms with Gasteiger partial charge in [0.05, 0.1) is 17.4 Å². The van der Waals surface area contributed by atoms with Crippen LogP contribution in [-0.2, 0) is 0 Å². The number of carbonyl (C=O) groups is 1. The van der Waals surface area contributed by atoms with E-state index in [2.05, 4.69) is 17.4 Å². The van der Waals surface area contributed by atoms with Crippen molar-refractivity contribution in [2.24, 2.45) is 0 Å². The molecule has 1 heterocycles. The lowest BCUT2D eigenvalue weighted by molar-refractivity contribution is 0.0952. The summed E-state index contributed by atoms with van der Waals surface area (Å²) in [5.41, 5.74) is 2.71. The average Bonchev–Trinajstić information content (AvgIpc) is 3.20. The van der Waals surface area contributed by atoms with E-state index in [1.807, 2.05) is 6.07 Å². The lowest BCUT2D eigenvalue weighted by Gasteiger charge is -2.38. The summed E-state index contributed by atoms with van der Waals surface area (Å²) >= 11 is 0. The molecule has 3 N–H and O–H groups in total. The molecule has 1 aliphatic heterocycles. The standard InChI is InChI=1S/C19H25NO4S/c21-19(20-10-13-11-25(22,23)12-13)17-8-5-15(14-3-1-2-4-14)9-18(17)24-16-6-7-16/h5,8-9,11,14,16,22-23H,1-4,6-7,10,12H2,(H,20,21). The van der Waals surface area contributed by atoms with Gasteiger partial charge in [0.25, 0.3) is 5.91 Å². The van der Waals surface area contributed by atoms with Gasteiger partial charge in [-0.25, -0.2) is 0 Å². The number of carbonyl (C=O) groups excluding carboxylic acids is 1. The van der Waals surface area contributed by atoms with Gasteiger partial charge in [-0.15, -0.1) is 0 Å². The molecule has 0 saturated heterocycles. The molecule has 2 saturated carbocycles. The van der Waals surface area contributed by atoms with Gasteiger partial charge in [-0.1, -0.05) is 18.9 Å². The van der Waals surface area contributed by atoms with Crippen LogP contribution < -0.4 is 10.1 Å². The van der Waals surface area contributed by atoms with Gasteiger partial charge in [0.1, 0.15) is 5.75 Å². The molecule has 1 aromatic rings. The van der Waals surface area contributed by atoms with Gasteiger partial charge in [-0.3, -0.25) is 13.9 Å². The zero-order valence-electron chi connectivity index (χ0n) is 14.2. The van der Waals surface area contributed by atoms with Gasteiger partial charge in [-0.2, -0.15) is 10.6 Å². The Morgan fingerprint density at radius 1 is 1.20 bits per heavy atom. The third kappa shape index (κ3) is 4.02. The predicted octanol–water partition coefficient (Wildman–Crippen LogP) is 4.26. The molecule has 136 valence electrons. The molecule has 0 aromatic heterocycles. The van der Waals surface area contributed by atoms with Crippen LogP contribution in [0, 0.1) is 0 Å². The van der Waals surface area contributed by atoms with Crippen LogP contribution in [0.5, 0.6) is 5.75 Å². The van der Waals surface area contributed by atoms with Gasteiger partial charge in [0, 0.05) is 12.0 Å². The summed E-state index contributed by atoms with van der Waals surface area (Å²) in [5.74, 6) is 1.37. The molecule has 4 rings (SSSR count). The van der Waals surface area contributed by atoms with Crippen molar-refractivity contribution in [2.75, 3.05) is 12.3 Å². The van der Waals surface area contributed by atoms with Crippen molar-refractivity contribution in [3.05, 3.63) is 40.3 Å². The fourth-order valence-electron chi connectivity index (χ4n) is 3.60. The van der Waals surface area contributed by atoms with Crippen LogP contribution in [0.15, 0.2) is 29.2 Å². The van der Waals surface area contributed by atoms with E-state index in [9.17, 15) is 13.9 Å². The smallest absolute Gasteiger partial charge is 0.255 e. The molecule has 0 atom stereocenters. The summed E-state index contributed by atoms with van der Waals surface area (Å²) in [5, 5.41) is 4.32. The molecule has 3 aliphatic rings. The average molecular weight is 363 g/mol. The highest BCUT2D eigenvalue weighted by atomic mass is 32.3. The van der Waals surface area contributed by atoms with Crippen LogP contribution in [0.3, 0.4) is 0 Å². The van der Waals surface area contributed by atoms with Crippen molar-refractivity contribution >= 4 is 16.5 Å². The maximum atomic E-state index is 12.6. The molecule has 0 spiro atoms. The maximum absolute atomic E-state index is 12.6. The Balaban J connectivity index is 1.47. The zero-order valence-corrected chi connectivity index (χ0v) is 15.1. The Morgan fingerprint density at radius 3 is 2.56 bits per heavy atom. The van der Waals surface area contributed by atoms with E-state index in [-0.39, 0.29) is 17.8 Å². The topological polar surface area (TPSA) is 78.8 Å². The van der Waals surface area contributed by atoms with Crippen molar-refractivity contribution in [1.29, 1.82) is 0 Å². The quantitative estimate of drug-likeness (QED) is 0.705. The van der Waals surface area contributed by atoms with Crippen LogP contribution in [0.2, 0.25) is 0 Å². The second-order valence-corrected chi connectivity index (χ2v) is 9.33. The summed E-state index contributed by atoms with van der Waals surface area (Å²) in [6.07, 6.45) is 7.34. The van der Waals surface area contributed by atoms with Gasteiger partial charge < -0.3 is 10.1 Å². The highest BCUT2D eigenvalue weighted by Gasteiger charge is 2.28. The van der Waals surface area contributed by atoms with Gasteiger partial charge >= 0.3 is 0 Å². The lowest BCUT2D eigenvalue weighted by atomic mass is 9.96. The number of amides is 1. The summed E-state index contributed by atoms with van der Waals surface area (Å²) in [6, 6.07) is 6.00. The van der Waals surface area contributed by atoms with E-state index in [1.165, 1.54) is 36.7 Å². The molecule has 0 radical (unpaired) electrons. The maximum Gasteiger partial charge on any atom is 0.255 e. The fraction of sp³-hybridized carbons (Fsp3) is 0.526. The van der Waals surface area contributed by atoms with E-state index < -0.39 is 10.6 Å². The van der Waals surface area contributed by atoms with Crippen molar-refractivity contribution in [3.63, 3.8) is 0 Å². The number of hydrogen-bond acceptors (Lipinski definition) is 4. The van der Waals surface area contributed by atoms with E-state index in [1.54, 1.807) is 0 Å². The predicted molar refractivity (Wildman–Crippen MR) is 99.4 cm³/mol. The minimum absolute atomic E-state index is 0.169. The first kappa shape index (κ1) is 16.9. The van der Waals surface area contributed by atoms with Crippen LogP contribution in [-0.4, -0.2) is 33.4 Å². The van der Waals surface area contributed by atoms with Crippen LogP contribution in [0.25, 0.3) is 0 Å². The molecule has 2 fully saturated rings. The Morgan fingerprint density at radius 2 is 1.92 bits per heavy atom. The summed E-state index contributed by atoms with van der Waals surface area (Å²) in [7, 11) is -2.51. The van der Waals surface area contributed by atoms with E-state index >= 15 is 0 Å². The Hall–Kier alpha value is -1.50. The number of rotatable bonds is 6. The molecule has 0 unspecified atom stereocenters. The largest absolute Gasteiger partial charge is 0.490 e. The van der Waals surface area contributed by atoms with Crippen molar-refractivity contribution in [1.82, 2.24) is 5.32 Å². The molecule has 1 amide bonds. The molecule has 0 bridgehead atoms. The highest BCUT2D eigenvalue weighted by molar-refractivity contribution is 8.28. The third-order valence-corrected chi connectivity index (χ3v) is 6.63. The minimum atomic E-state index is -2.51. The van der Waals surface area contributed by atoms with E-state index in [4.69, 9.17) is 4.74 Å². The van der Waals surface area contributed by atoms with E-state index in [0.29, 0.717) is 23.8 Å². The van der Waals surface area contributed by atoms with Crippen molar-refractivity contribution in [2.45, 2.75) is 50.5 Å². The van der Waals surface area contributed by atoms with Crippen molar-refractivity contribution in [3.8, 4) is 5.75 Å². The van der Waals surface area contributed by atoms with Crippen molar-refractivity contribution < 1.29 is 18.6 Å². The first-order valence-electron chi connectivity index (χ1n) is 9.04. The zero-order chi connectivity index (χ0) is 17.4. The Bertz CT molecular complexity index is 705. The summed E-state index contributed by atoms with van der Waals surface area (Å²) < 4.78 is 24.8. The molecule has 5 nitrogen and oxygen atoms in total. The number of hydrogen-bond donors (Lipinski definition) is 3. The molecular formula is C19H25NO4S. The third-order valence-electron chi connectivity index (χ3n) is 5.12. The molecule has 25 heavy (non-hydrogen) atoms. The Labute approximate surface area is 149 Å². The SMILES string of the molecule is O=C(NCC1=CS(O)(O)C1)c1ccc(C2CCCC2)cc1OC1CC1. The number of nitrogens with one attached hydrogen (secondary N) is 1.